The minimum Gasteiger partial charge on any atom is -0.384 e. The van der Waals surface area contributed by atoms with E-state index in [1.807, 2.05) is 7.05 Å². The summed E-state index contributed by atoms with van der Waals surface area (Å²) in [4.78, 5) is 0. The van der Waals surface area contributed by atoms with E-state index in [4.69, 9.17) is 0 Å². The highest BCUT2D eigenvalue weighted by Crippen LogP contribution is 2.43. The fourth-order valence-corrected chi connectivity index (χ4v) is 3.21. The van der Waals surface area contributed by atoms with Gasteiger partial charge in [0, 0.05) is 24.2 Å². The second-order valence-corrected chi connectivity index (χ2v) is 5.29. The maximum Gasteiger partial charge on any atom is 0.0379 e. The summed E-state index contributed by atoms with van der Waals surface area (Å²) < 4.78 is 0. The molecule has 0 unspecified atom stereocenters. The smallest absolute Gasteiger partial charge is 0.0379 e. The summed E-state index contributed by atoms with van der Waals surface area (Å²) in [5.41, 5.74) is 4.69. The van der Waals surface area contributed by atoms with Crippen molar-refractivity contribution in [1.29, 1.82) is 0 Å². The largest absolute Gasteiger partial charge is 0.384 e. The Balaban J connectivity index is 1.96. The SMILES string of the molecule is CNCc1ccc2c(c1)C1(CCNCC1)CN2. The number of anilines is 1. The molecule has 0 radical (unpaired) electrons. The first-order valence-electron chi connectivity index (χ1n) is 6.57. The van der Waals surface area contributed by atoms with E-state index in [0.717, 1.165) is 26.2 Å². The number of piperidine rings is 1. The Kier molecular flexibility index (Phi) is 2.81. The molecule has 0 aliphatic carbocycles. The van der Waals surface area contributed by atoms with Crippen LogP contribution >= 0.6 is 0 Å². The van der Waals surface area contributed by atoms with Crippen molar-refractivity contribution in [2.24, 2.45) is 0 Å². The van der Waals surface area contributed by atoms with Gasteiger partial charge in [-0.05, 0) is 50.2 Å². The van der Waals surface area contributed by atoms with Gasteiger partial charge in [-0.2, -0.15) is 0 Å². The number of rotatable bonds is 2. The zero-order valence-electron chi connectivity index (χ0n) is 10.5. The van der Waals surface area contributed by atoms with E-state index in [9.17, 15) is 0 Å². The van der Waals surface area contributed by atoms with Crippen molar-refractivity contribution in [3.8, 4) is 0 Å². The molecular weight excluding hydrogens is 210 g/mol. The fourth-order valence-electron chi connectivity index (χ4n) is 3.21. The Morgan fingerprint density at radius 3 is 2.88 bits per heavy atom. The van der Waals surface area contributed by atoms with Crippen LogP contribution in [-0.2, 0) is 12.0 Å². The normalized spacial score (nSPS) is 21.2. The van der Waals surface area contributed by atoms with Crippen molar-refractivity contribution in [2.45, 2.75) is 24.8 Å². The van der Waals surface area contributed by atoms with Gasteiger partial charge in [-0.25, -0.2) is 0 Å². The molecule has 17 heavy (non-hydrogen) atoms. The molecule has 3 heteroatoms. The molecule has 0 atom stereocenters. The van der Waals surface area contributed by atoms with E-state index < -0.39 is 0 Å². The molecule has 1 fully saturated rings. The first-order chi connectivity index (χ1) is 8.34. The van der Waals surface area contributed by atoms with Gasteiger partial charge in [0.1, 0.15) is 0 Å². The van der Waals surface area contributed by atoms with Crippen molar-refractivity contribution in [3.63, 3.8) is 0 Å². The van der Waals surface area contributed by atoms with Crippen molar-refractivity contribution in [2.75, 3.05) is 32.0 Å². The molecule has 3 nitrogen and oxygen atoms in total. The van der Waals surface area contributed by atoms with E-state index >= 15 is 0 Å². The quantitative estimate of drug-likeness (QED) is 0.721. The summed E-state index contributed by atoms with van der Waals surface area (Å²) in [6.45, 7) is 4.38. The van der Waals surface area contributed by atoms with Gasteiger partial charge in [-0.1, -0.05) is 12.1 Å². The molecular formula is C14H21N3. The fraction of sp³-hybridized carbons (Fsp3) is 0.571. The van der Waals surface area contributed by atoms with Gasteiger partial charge in [-0.3, -0.25) is 0 Å². The van der Waals surface area contributed by atoms with Gasteiger partial charge in [0.05, 0.1) is 0 Å². The van der Waals surface area contributed by atoms with Gasteiger partial charge in [0.25, 0.3) is 0 Å². The van der Waals surface area contributed by atoms with Crippen molar-refractivity contribution < 1.29 is 0 Å². The summed E-state index contributed by atoms with van der Waals surface area (Å²) in [6.07, 6.45) is 2.52. The number of hydrogen-bond acceptors (Lipinski definition) is 3. The molecule has 2 aliphatic heterocycles. The minimum absolute atomic E-state index is 0.393. The van der Waals surface area contributed by atoms with Gasteiger partial charge >= 0.3 is 0 Å². The Morgan fingerprint density at radius 2 is 2.12 bits per heavy atom. The summed E-state index contributed by atoms with van der Waals surface area (Å²) >= 11 is 0. The molecule has 0 bridgehead atoms. The van der Waals surface area contributed by atoms with Gasteiger partial charge in [0.15, 0.2) is 0 Å². The van der Waals surface area contributed by atoms with Crippen molar-refractivity contribution in [1.82, 2.24) is 10.6 Å². The highest BCUT2D eigenvalue weighted by molar-refractivity contribution is 5.61. The van der Waals surface area contributed by atoms with Crippen LogP contribution in [0, 0.1) is 0 Å². The van der Waals surface area contributed by atoms with Crippen LogP contribution in [0.25, 0.3) is 0 Å². The van der Waals surface area contributed by atoms with Crippen LogP contribution < -0.4 is 16.0 Å². The van der Waals surface area contributed by atoms with Crippen LogP contribution in [0.5, 0.6) is 0 Å². The Morgan fingerprint density at radius 1 is 1.29 bits per heavy atom. The lowest BCUT2D eigenvalue weighted by Gasteiger charge is -2.34. The van der Waals surface area contributed by atoms with Crippen molar-refractivity contribution >= 4 is 5.69 Å². The third kappa shape index (κ3) is 1.83. The molecule has 1 spiro atoms. The molecule has 1 aromatic rings. The van der Waals surface area contributed by atoms with Crippen LogP contribution in [0.1, 0.15) is 24.0 Å². The predicted octanol–water partition coefficient (Wildman–Crippen LogP) is 1.45. The van der Waals surface area contributed by atoms with E-state index in [0.29, 0.717) is 5.41 Å². The molecule has 3 N–H and O–H groups in total. The standard InChI is InChI=1S/C14H21N3/c1-15-9-11-2-3-13-12(8-11)14(10-17-13)4-6-16-7-5-14/h2-3,8,15-17H,4-7,9-10H2,1H3. The zero-order valence-corrected chi connectivity index (χ0v) is 10.5. The topological polar surface area (TPSA) is 36.1 Å². The number of hydrogen-bond donors (Lipinski definition) is 3. The molecule has 2 aliphatic rings. The lowest BCUT2D eigenvalue weighted by molar-refractivity contribution is 0.335. The zero-order chi connectivity index (χ0) is 11.7. The monoisotopic (exact) mass is 231 g/mol. The van der Waals surface area contributed by atoms with Crippen LogP contribution in [-0.4, -0.2) is 26.7 Å². The van der Waals surface area contributed by atoms with Gasteiger partial charge in [0.2, 0.25) is 0 Å². The maximum absolute atomic E-state index is 3.58. The van der Waals surface area contributed by atoms with E-state index in [2.05, 4.69) is 34.1 Å². The third-order valence-corrected chi connectivity index (χ3v) is 4.21. The number of benzene rings is 1. The lowest BCUT2D eigenvalue weighted by Crippen LogP contribution is -2.41. The second kappa shape index (κ2) is 4.31. The summed E-state index contributed by atoms with van der Waals surface area (Å²) in [7, 11) is 2.01. The summed E-state index contributed by atoms with van der Waals surface area (Å²) in [5, 5.41) is 10.3. The first kappa shape index (κ1) is 11.1. The maximum atomic E-state index is 3.58. The lowest BCUT2D eigenvalue weighted by atomic mass is 9.74. The molecule has 0 amide bonds. The van der Waals surface area contributed by atoms with Crippen LogP contribution in [0.3, 0.4) is 0 Å². The molecule has 0 aromatic heterocycles. The first-order valence-corrected chi connectivity index (χ1v) is 6.57. The predicted molar refractivity (Wildman–Crippen MR) is 71.5 cm³/mol. The molecule has 1 saturated heterocycles. The van der Waals surface area contributed by atoms with E-state index in [-0.39, 0.29) is 0 Å². The van der Waals surface area contributed by atoms with Crippen LogP contribution in [0.4, 0.5) is 5.69 Å². The average molecular weight is 231 g/mol. The van der Waals surface area contributed by atoms with Gasteiger partial charge < -0.3 is 16.0 Å². The Bertz CT molecular complexity index is 402. The van der Waals surface area contributed by atoms with Crippen LogP contribution in [0.2, 0.25) is 0 Å². The highest BCUT2D eigenvalue weighted by Gasteiger charge is 2.39. The van der Waals surface area contributed by atoms with Gasteiger partial charge in [-0.15, -0.1) is 0 Å². The molecule has 1 aromatic carbocycles. The molecule has 0 saturated carbocycles. The number of fused-ring (bicyclic) bond motifs is 2. The Hall–Kier alpha value is -1.06. The minimum atomic E-state index is 0.393. The summed E-state index contributed by atoms with van der Waals surface area (Å²) in [5.74, 6) is 0. The average Bonchev–Trinajstić information content (AvgIpc) is 2.70. The number of nitrogens with one attached hydrogen (secondary N) is 3. The molecule has 92 valence electrons. The van der Waals surface area contributed by atoms with Crippen molar-refractivity contribution in [3.05, 3.63) is 29.3 Å². The highest BCUT2D eigenvalue weighted by atomic mass is 15.0. The van der Waals surface area contributed by atoms with Crippen LogP contribution in [0.15, 0.2) is 18.2 Å². The molecule has 2 heterocycles. The van der Waals surface area contributed by atoms with E-state index in [1.54, 1.807) is 5.56 Å². The Labute approximate surface area is 103 Å². The van der Waals surface area contributed by atoms with E-state index in [1.165, 1.54) is 24.1 Å². The third-order valence-electron chi connectivity index (χ3n) is 4.21. The molecule has 3 rings (SSSR count). The second-order valence-electron chi connectivity index (χ2n) is 5.29. The summed E-state index contributed by atoms with van der Waals surface area (Å²) in [6, 6.07) is 6.87.